The highest BCUT2D eigenvalue weighted by Gasteiger charge is 2.35. The van der Waals surface area contributed by atoms with Crippen molar-refractivity contribution in [2.45, 2.75) is 5.92 Å². The molecule has 7 nitrogen and oxygen atoms in total. The fourth-order valence-electron chi connectivity index (χ4n) is 2.54. The number of nitrogens with one attached hydrogen (secondary N) is 1. The third kappa shape index (κ3) is 3.19. The van der Waals surface area contributed by atoms with Crippen molar-refractivity contribution in [3.63, 3.8) is 0 Å². The van der Waals surface area contributed by atoms with Crippen LogP contribution in [0.3, 0.4) is 0 Å². The van der Waals surface area contributed by atoms with Gasteiger partial charge in [0.15, 0.2) is 0 Å². The molecule has 128 valence electrons. The number of ether oxygens (including phenoxy) is 4. The molecule has 0 atom stereocenters. The Morgan fingerprint density at radius 3 is 1.96 bits per heavy atom. The van der Waals surface area contributed by atoms with E-state index in [1.807, 2.05) is 0 Å². The molecule has 0 unspecified atom stereocenters. The van der Waals surface area contributed by atoms with Crippen LogP contribution in [0.15, 0.2) is 41.7 Å². The van der Waals surface area contributed by atoms with Crippen LogP contribution in [0.25, 0.3) is 0 Å². The molecule has 0 spiro atoms. The molecule has 0 bridgehead atoms. The fourth-order valence-corrected chi connectivity index (χ4v) is 2.54. The van der Waals surface area contributed by atoms with Crippen molar-refractivity contribution in [1.82, 2.24) is 5.32 Å². The van der Waals surface area contributed by atoms with E-state index in [0.717, 1.165) is 0 Å². The van der Waals surface area contributed by atoms with Gasteiger partial charge in [-0.25, -0.2) is 9.59 Å². The Labute approximate surface area is 139 Å². The summed E-state index contributed by atoms with van der Waals surface area (Å²) in [5, 5.41) is 2.78. The molecule has 1 aromatic rings. The van der Waals surface area contributed by atoms with E-state index in [4.69, 9.17) is 18.9 Å². The first kappa shape index (κ1) is 17.4. The van der Waals surface area contributed by atoms with E-state index in [9.17, 15) is 9.59 Å². The van der Waals surface area contributed by atoms with Crippen molar-refractivity contribution in [2.75, 3.05) is 28.4 Å². The summed E-state index contributed by atoms with van der Waals surface area (Å²) in [6, 6.07) is 5.15. The van der Waals surface area contributed by atoms with Crippen LogP contribution in [0.1, 0.15) is 11.5 Å². The maximum Gasteiger partial charge on any atom is 0.336 e. The summed E-state index contributed by atoms with van der Waals surface area (Å²) in [5.74, 6) is -0.764. The minimum Gasteiger partial charge on any atom is -0.497 e. The molecule has 0 saturated carbocycles. The summed E-state index contributed by atoms with van der Waals surface area (Å²) in [5.41, 5.74) is 1.10. The van der Waals surface area contributed by atoms with Crippen LogP contribution in [0.4, 0.5) is 0 Å². The van der Waals surface area contributed by atoms with Gasteiger partial charge >= 0.3 is 11.9 Å². The highest BCUT2D eigenvalue weighted by molar-refractivity contribution is 5.98. The third-order valence-electron chi connectivity index (χ3n) is 3.69. The smallest absolute Gasteiger partial charge is 0.336 e. The van der Waals surface area contributed by atoms with Crippen LogP contribution in [-0.2, 0) is 19.1 Å². The number of dihydropyridines is 1. The Morgan fingerprint density at radius 2 is 1.50 bits per heavy atom. The number of carbonyl (C=O) groups is 2. The number of rotatable bonds is 5. The Balaban J connectivity index is 2.64. The van der Waals surface area contributed by atoms with E-state index in [2.05, 4.69) is 5.32 Å². The third-order valence-corrected chi connectivity index (χ3v) is 3.69. The second kappa shape index (κ2) is 7.54. The van der Waals surface area contributed by atoms with Crippen LogP contribution in [0.2, 0.25) is 0 Å². The molecule has 1 aliphatic rings. The molecule has 24 heavy (non-hydrogen) atoms. The van der Waals surface area contributed by atoms with E-state index in [-0.39, 0.29) is 11.1 Å². The van der Waals surface area contributed by atoms with Crippen LogP contribution >= 0.6 is 0 Å². The average molecular weight is 333 g/mol. The molecule has 1 N–H and O–H groups in total. The highest BCUT2D eigenvalue weighted by Crippen LogP contribution is 2.41. The second-order valence-corrected chi connectivity index (χ2v) is 4.89. The molecule has 1 aliphatic heterocycles. The summed E-state index contributed by atoms with van der Waals surface area (Å²) in [4.78, 5) is 24.4. The largest absolute Gasteiger partial charge is 0.497 e. The lowest BCUT2D eigenvalue weighted by Crippen LogP contribution is -2.26. The zero-order valence-electron chi connectivity index (χ0n) is 13.9. The molecule has 0 saturated heterocycles. The van der Waals surface area contributed by atoms with Crippen molar-refractivity contribution in [1.29, 1.82) is 0 Å². The number of esters is 2. The predicted octanol–water partition coefficient (Wildman–Crippen LogP) is 1.50. The lowest BCUT2D eigenvalue weighted by atomic mass is 9.83. The van der Waals surface area contributed by atoms with Gasteiger partial charge < -0.3 is 24.3 Å². The lowest BCUT2D eigenvalue weighted by Gasteiger charge is -2.26. The zero-order valence-corrected chi connectivity index (χ0v) is 13.9. The summed E-state index contributed by atoms with van der Waals surface area (Å²) in [6.07, 6.45) is 2.98. The van der Waals surface area contributed by atoms with E-state index in [1.54, 1.807) is 18.2 Å². The van der Waals surface area contributed by atoms with Gasteiger partial charge in [-0.15, -0.1) is 0 Å². The van der Waals surface area contributed by atoms with Crippen molar-refractivity contribution >= 4 is 11.9 Å². The normalized spacial score (nSPS) is 14.0. The van der Waals surface area contributed by atoms with E-state index >= 15 is 0 Å². The standard InChI is InChI=1S/C17H19NO6/c1-21-10-5-6-14(22-2)11(7-10)15-12(16(19)23-3)8-18-9-13(15)17(20)24-4/h5-9,15,18H,1-4H3. The molecule has 0 aliphatic carbocycles. The molecular weight excluding hydrogens is 314 g/mol. The maximum absolute atomic E-state index is 12.2. The molecule has 1 aromatic carbocycles. The Morgan fingerprint density at radius 1 is 0.917 bits per heavy atom. The van der Waals surface area contributed by atoms with Gasteiger partial charge in [-0.05, 0) is 18.2 Å². The van der Waals surface area contributed by atoms with Gasteiger partial charge in [0.2, 0.25) is 0 Å². The number of hydrogen-bond acceptors (Lipinski definition) is 7. The Kier molecular flexibility index (Phi) is 5.47. The van der Waals surface area contributed by atoms with Gasteiger partial charge in [0.1, 0.15) is 11.5 Å². The number of hydrogen-bond donors (Lipinski definition) is 1. The van der Waals surface area contributed by atoms with Crippen LogP contribution < -0.4 is 14.8 Å². The number of carbonyl (C=O) groups excluding carboxylic acids is 2. The Bertz CT molecular complexity index is 675. The second-order valence-electron chi connectivity index (χ2n) is 4.89. The highest BCUT2D eigenvalue weighted by atomic mass is 16.5. The van der Waals surface area contributed by atoms with Crippen molar-refractivity contribution < 1.29 is 28.5 Å². The number of benzene rings is 1. The fraction of sp³-hybridized carbons (Fsp3) is 0.294. The first-order chi connectivity index (χ1) is 11.6. The molecule has 2 rings (SSSR count). The molecule has 0 aromatic heterocycles. The summed E-state index contributed by atoms with van der Waals surface area (Å²) < 4.78 is 20.3. The summed E-state index contributed by atoms with van der Waals surface area (Å²) in [6.45, 7) is 0. The first-order valence-corrected chi connectivity index (χ1v) is 7.12. The van der Waals surface area contributed by atoms with Crippen molar-refractivity contribution in [2.24, 2.45) is 0 Å². The molecule has 0 amide bonds. The maximum atomic E-state index is 12.2. The van der Waals surface area contributed by atoms with Gasteiger partial charge in [-0.1, -0.05) is 0 Å². The lowest BCUT2D eigenvalue weighted by molar-refractivity contribution is -0.137. The minimum absolute atomic E-state index is 0.256. The van der Waals surface area contributed by atoms with E-state index in [1.165, 1.54) is 40.8 Å². The van der Waals surface area contributed by atoms with Crippen LogP contribution in [0.5, 0.6) is 11.5 Å². The van der Waals surface area contributed by atoms with Gasteiger partial charge in [0.25, 0.3) is 0 Å². The molecule has 0 fully saturated rings. The summed E-state index contributed by atoms with van der Waals surface area (Å²) >= 11 is 0. The van der Waals surface area contributed by atoms with Crippen molar-refractivity contribution in [3.05, 3.63) is 47.3 Å². The summed E-state index contributed by atoms with van der Waals surface area (Å²) in [7, 11) is 5.59. The molecule has 7 heteroatoms. The first-order valence-electron chi connectivity index (χ1n) is 7.12. The van der Waals surface area contributed by atoms with E-state index < -0.39 is 17.9 Å². The predicted molar refractivity (Wildman–Crippen MR) is 85.6 cm³/mol. The zero-order chi connectivity index (χ0) is 17.7. The average Bonchev–Trinajstić information content (AvgIpc) is 2.65. The van der Waals surface area contributed by atoms with Gasteiger partial charge in [0.05, 0.1) is 45.5 Å². The molecule has 0 radical (unpaired) electrons. The minimum atomic E-state index is -0.712. The van der Waals surface area contributed by atoms with Gasteiger partial charge in [-0.2, -0.15) is 0 Å². The van der Waals surface area contributed by atoms with Gasteiger partial charge in [0, 0.05) is 18.0 Å². The topological polar surface area (TPSA) is 83.1 Å². The molecular formula is C17H19NO6. The monoisotopic (exact) mass is 333 g/mol. The van der Waals surface area contributed by atoms with Crippen LogP contribution in [0, 0.1) is 0 Å². The quantitative estimate of drug-likeness (QED) is 0.818. The van der Waals surface area contributed by atoms with Crippen molar-refractivity contribution in [3.8, 4) is 11.5 Å². The number of methoxy groups -OCH3 is 4. The SMILES string of the molecule is COC(=O)C1=CNC=C(C(=O)OC)C1c1cc(OC)ccc1OC. The van der Waals surface area contributed by atoms with E-state index in [0.29, 0.717) is 17.1 Å². The van der Waals surface area contributed by atoms with Gasteiger partial charge in [-0.3, -0.25) is 0 Å². The van der Waals surface area contributed by atoms with Crippen LogP contribution in [-0.4, -0.2) is 40.4 Å². The molecule has 1 heterocycles. The Hall–Kier alpha value is -2.96.